The normalized spacial score (nSPS) is 27.2. The summed E-state index contributed by atoms with van der Waals surface area (Å²) < 4.78 is 0. The van der Waals surface area contributed by atoms with Gasteiger partial charge >= 0.3 is 0 Å². The summed E-state index contributed by atoms with van der Waals surface area (Å²) in [5.74, 6) is 0.673. The average molecular weight is 259 g/mol. The molecule has 1 aliphatic rings. The highest BCUT2D eigenvalue weighted by atomic mass is 35.5. The monoisotopic (exact) mass is 258 g/mol. The van der Waals surface area contributed by atoms with E-state index >= 15 is 0 Å². The van der Waals surface area contributed by atoms with Gasteiger partial charge in [0.1, 0.15) is 0 Å². The van der Waals surface area contributed by atoms with Crippen LogP contribution in [-0.4, -0.2) is 24.0 Å². The highest BCUT2D eigenvalue weighted by Crippen LogP contribution is 2.26. The number of hydrogen-bond acceptors (Lipinski definition) is 3. The Morgan fingerprint density at radius 1 is 1.56 bits per heavy atom. The summed E-state index contributed by atoms with van der Waals surface area (Å²) >= 11 is 7.69. The fraction of sp³-hybridized carbons (Fsp3) is 0.667. The van der Waals surface area contributed by atoms with Crippen molar-refractivity contribution in [1.82, 2.24) is 4.90 Å². The fourth-order valence-corrected chi connectivity index (χ4v) is 3.41. The van der Waals surface area contributed by atoms with Crippen molar-refractivity contribution in [2.24, 2.45) is 11.7 Å². The molecule has 0 aliphatic carbocycles. The first kappa shape index (κ1) is 12.4. The largest absolute Gasteiger partial charge is 0.330 e. The SMILES string of the molecule is CC1CCC(CN)CN1Cc1cc(Cl)cs1. The molecule has 0 bridgehead atoms. The summed E-state index contributed by atoms with van der Waals surface area (Å²) in [7, 11) is 0. The van der Waals surface area contributed by atoms with Crippen molar-refractivity contribution in [2.45, 2.75) is 32.4 Å². The first-order chi connectivity index (χ1) is 7.69. The molecule has 0 radical (unpaired) electrons. The van der Waals surface area contributed by atoms with E-state index in [1.165, 1.54) is 17.7 Å². The number of rotatable bonds is 3. The van der Waals surface area contributed by atoms with Gasteiger partial charge in [0.05, 0.1) is 5.02 Å². The zero-order valence-electron chi connectivity index (χ0n) is 9.66. The van der Waals surface area contributed by atoms with E-state index in [1.54, 1.807) is 11.3 Å². The standard InChI is InChI=1S/C12H19ClN2S/c1-9-2-3-10(5-14)6-15(9)7-12-4-11(13)8-16-12/h4,8-10H,2-3,5-7,14H2,1H3. The van der Waals surface area contributed by atoms with Crippen molar-refractivity contribution < 1.29 is 0 Å². The van der Waals surface area contributed by atoms with E-state index in [1.807, 2.05) is 5.38 Å². The van der Waals surface area contributed by atoms with Crippen molar-refractivity contribution in [3.05, 3.63) is 21.3 Å². The minimum Gasteiger partial charge on any atom is -0.330 e. The number of likely N-dealkylation sites (tertiary alicyclic amines) is 1. The van der Waals surface area contributed by atoms with Crippen LogP contribution in [0.1, 0.15) is 24.6 Å². The molecule has 1 aliphatic heterocycles. The van der Waals surface area contributed by atoms with Gasteiger partial charge in [-0.05, 0) is 38.3 Å². The Bertz CT molecular complexity index is 340. The molecule has 0 spiro atoms. The van der Waals surface area contributed by atoms with Crippen LogP contribution >= 0.6 is 22.9 Å². The Morgan fingerprint density at radius 3 is 3.00 bits per heavy atom. The minimum absolute atomic E-state index is 0.670. The molecule has 2 nitrogen and oxygen atoms in total. The first-order valence-corrected chi connectivity index (χ1v) is 7.12. The molecule has 2 unspecified atom stereocenters. The van der Waals surface area contributed by atoms with E-state index < -0.39 is 0 Å². The highest BCUT2D eigenvalue weighted by Gasteiger charge is 2.24. The summed E-state index contributed by atoms with van der Waals surface area (Å²) in [5.41, 5.74) is 5.76. The van der Waals surface area contributed by atoms with Gasteiger partial charge in [-0.15, -0.1) is 11.3 Å². The number of nitrogens with two attached hydrogens (primary N) is 1. The number of thiophene rings is 1. The Labute approximate surface area is 106 Å². The molecule has 0 saturated carbocycles. The van der Waals surface area contributed by atoms with Crippen molar-refractivity contribution in [2.75, 3.05) is 13.1 Å². The summed E-state index contributed by atoms with van der Waals surface area (Å²) in [6, 6.07) is 2.74. The molecule has 0 amide bonds. The third-order valence-corrected chi connectivity index (χ3v) is 4.69. The summed E-state index contributed by atoms with van der Waals surface area (Å²) in [5, 5.41) is 2.87. The van der Waals surface area contributed by atoms with Crippen LogP contribution in [0.4, 0.5) is 0 Å². The molecule has 2 rings (SSSR count). The Kier molecular flexibility index (Phi) is 4.25. The molecule has 2 N–H and O–H groups in total. The first-order valence-electron chi connectivity index (χ1n) is 5.86. The summed E-state index contributed by atoms with van der Waals surface area (Å²) in [6.07, 6.45) is 2.54. The maximum absolute atomic E-state index is 5.94. The zero-order valence-corrected chi connectivity index (χ0v) is 11.2. The number of hydrogen-bond donors (Lipinski definition) is 1. The molecule has 0 aromatic carbocycles. The van der Waals surface area contributed by atoms with Gasteiger partial charge in [0, 0.05) is 29.4 Å². The van der Waals surface area contributed by atoms with Crippen LogP contribution in [0.2, 0.25) is 5.02 Å². The van der Waals surface area contributed by atoms with Crippen LogP contribution in [0.25, 0.3) is 0 Å². The lowest BCUT2D eigenvalue weighted by molar-refractivity contribution is 0.114. The van der Waals surface area contributed by atoms with Crippen LogP contribution < -0.4 is 5.73 Å². The average Bonchev–Trinajstić information content (AvgIpc) is 2.67. The van der Waals surface area contributed by atoms with Crippen molar-refractivity contribution in [3.63, 3.8) is 0 Å². The quantitative estimate of drug-likeness (QED) is 0.903. The van der Waals surface area contributed by atoms with Gasteiger partial charge < -0.3 is 5.73 Å². The van der Waals surface area contributed by atoms with Crippen LogP contribution in [0.3, 0.4) is 0 Å². The van der Waals surface area contributed by atoms with Gasteiger partial charge in [0.25, 0.3) is 0 Å². The Morgan fingerprint density at radius 2 is 2.38 bits per heavy atom. The van der Waals surface area contributed by atoms with Crippen molar-refractivity contribution in [3.8, 4) is 0 Å². The molecule has 90 valence electrons. The Balaban J connectivity index is 1.96. The molecule has 4 heteroatoms. The van der Waals surface area contributed by atoms with E-state index in [0.717, 1.165) is 24.7 Å². The molecule has 1 aromatic heterocycles. The van der Waals surface area contributed by atoms with Crippen LogP contribution in [-0.2, 0) is 6.54 Å². The maximum Gasteiger partial charge on any atom is 0.0516 e. The lowest BCUT2D eigenvalue weighted by Crippen LogP contribution is -2.43. The number of piperidine rings is 1. The minimum atomic E-state index is 0.670. The van der Waals surface area contributed by atoms with E-state index in [9.17, 15) is 0 Å². The van der Waals surface area contributed by atoms with Gasteiger partial charge in [0.15, 0.2) is 0 Å². The third-order valence-electron chi connectivity index (χ3n) is 3.42. The molecular weight excluding hydrogens is 240 g/mol. The predicted octanol–water partition coefficient (Wildman–Crippen LogP) is 2.96. The smallest absolute Gasteiger partial charge is 0.0516 e. The van der Waals surface area contributed by atoms with Crippen molar-refractivity contribution in [1.29, 1.82) is 0 Å². The fourth-order valence-electron chi connectivity index (χ4n) is 2.31. The second kappa shape index (κ2) is 5.50. The second-order valence-electron chi connectivity index (χ2n) is 4.69. The molecule has 2 atom stereocenters. The Hall–Kier alpha value is -0.0900. The second-order valence-corrected chi connectivity index (χ2v) is 6.12. The summed E-state index contributed by atoms with van der Waals surface area (Å²) in [6.45, 7) is 5.28. The van der Waals surface area contributed by atoms with Gasteiger partial charge in [-0.2, -0.15) is 0 Å². The van der Waals surface area contributed by atoms with Crippen LogP contribution in [0.5, 0.6) is 0 Å². The lowest BCUT2D eigenvalue weighted by atomic mass is 9.93. The summed E-state index contributed by atoms with van der Waals surface area (Å²) in [4.78, 5) is 3.89. The van der Waals surface area contributed by atoms with Gasteiger partial charge in [0.2, 0.25) is 0 Å². The maximum atomic E-state index is 5.94. The lowest BCUT2D eigenvalue weighted by Gasteiger charge is -2.37. The van der Waals surface area contributed by atoms with E-state index in [-0.39, 0.29) is 0 Å². The third kappa shape index (κ3) is 2.98. The van der Waals surface area contributed by atoms with Crippen LogP contribution in [0.15, 0.2) is 11.4 Å². The molecule has 1 saturated heterocycles. The van der Waals surface area contributed by atoms with E-state index in [2.05, 4.69) is 17.9 Å². The van der Waals surface area contributed by atoms with Gasteiger partial charge in [-0.1, -0.05) is 11.6 Å². The van der Waals surface area contributed by atoms with E-state index in [4.69, 9.17) is 17.3 Å². The number of nitrogens with zero attached hydrogens (tertiary/aromatic N) is 1. The van der Waals surface area contributed by atoms with Gasteiger partial charge in [-0.25, -0.2) is 0 Å². The highest BCUT2D eigenvalue weighted by molar-refractivity contribution is 7.10. The number of halogens is 1. The molecule has 16 heavy (non-hydrogen) atoms. The van der Waals surface area contributed by atoms with E-state index in [0.29, 0.717) is 12.0 Å². The van der Waals surface area contributed by atoms with Gasteiger partial charge in [-0.3, -0.25) is 4.90 Å². The predicted molar refractivity (Wildman–Crippen MR) is 71.0 cm³/mol. The molecule has 1 fully saturated rings. The van der Waals surface area contributed by atoms with Crippen LogP contribution in [0, 0.1) is 5.92 Å². The zero-order chi connectivity index (χ0) is 11.5. The topological polar surface area (TPSA) is 29.3 Å². The van der Waals surface area contributed by atoms with Crippen molar-refractivity contribution >= 4 is 22.9 Å². The molecular formula is C12H19ClN2S. The molecule has 2 heterocycles. The molecule has 1 aromatic rings.